The van der Waals surface area contributed by atoms with Gasteiger partial charge in [-0.2, -0.15) is 26.3 Å². The van der Waals surface area contributed by atoms with Gasteiger partial charge >= 0.3 is 12.4 Å². The lowest BCUT2D eigenvalue weighted by Crippen LogP contribution is -2.62. The van der Waals surface area contributed by atoms with Crippen LogP contribution in [0.15, 0.2) is 48.5 Å². The first-order valence-corrected chi connectivity index (χ1v) is 11.3. The van der Waals surface area contributed by atoms with E-state index in [1.807, 2.05) is 0 Å². The van der Waals surface area contributed by atoms with E-state index >= 15 is 0 Å². The number of hydrogen-bond donors (Lipinski definition) is 3. The molecule has 1 heterocycles. The van der Waals surface area contributed by atoms with Gasteiger partial charge in [0.05, 0.1) is 17.2 Å². The molecule has 1 atom stereocenters. The van der Waals surface area contributed by atoms with Gasteiger partial charge in [-0.15, -0.1) is 0 Å². The second-order valence-corrected chi connectivity index (χ2v) is 8.74. The average Bonchev–Trinajstić information content (AvgIpc) is 2.83. The lowest BCUT2D eigenvalue weighted by atomic mass is 9.86. The summed E-state index contributed by atoms with van der Waals surface area (Å²) in [7, 11) is 0. The van der Waals surface area contributed by atoms with Crippen molar-refractivity contribution in [1.29, 1.82) is 0 Å². The molecule has 12 heteroatoms. The summed E-state index contributed by atoms with van der Waals surface area (Å²) < 4.78 is 92.5. The van der Waals surface area contributed by atoms with Gasteiger partial charge in [-0.25, -0.2) is 4.39 Å². The molecule has 2 amide bonds. The van der Waals surface area contributed by atoms with E-state index in [0.717, 1.165) is 6.08 Å². The summed E-state index contributed by atoms with van der Waals surface area (Å²) in [4.78, 5) is 25.9. The number of alkyl halides is 6. The summed E-state index contributed by atoms with van der Waals surface area (Å²) in [6, 6.07) is 5.20. The summed E-state index contributed by atoms with van der Waals surface area (Å²) in [6.07, 6.45) is -7.22. The summed E-state index contributed by atoms with van der Waals surface area (Å²) >= 11 is 0. The summed E-state index contributed by atoms with van der Waals surface area (Å²) in [6.45, 7) is 1.94. The molecule has 3 N–H and O–H groups in total. The van der Waals surface area contributed by atoms with Crippen molar-refractivity contribution in [2.24, 2.45) is 0 Å². The SMILES string of the molecule is CC(NC(=O)C1(NC(=O)C=Cc2ccc(F)cc2)CCNCC1)c1cc(C(F)(F)F)cc(C(F)(F)F)c1. The van der Waals surface area contributed by atoms with Crippen LogP contribution in [0.25, 0.3) is 6.08 Å². The first-order chi connectivity index (χ1) is 17.2. The van der Waals surface area contributed by atoms with Crippen molar-refractivity contribution in [2.75, 3.05) is 13.1 Å². The number of amides is 2. The second-order valence-electron chi connectivity index (χ2n) is 8.74. The minimum Gasteiger partial charge on any atom is -0.348 e. The molecule has 0 aromatic heterocycles. The third-order valence-corrected chi connectivity index (χ3v) is 6.01. The van der Waals surface area contributed by atoms with Crippen LogP contribution in [0.2, 0.25) is 0 Å². The average molecular weight is 531 g/mol. The molecule has 200 valence electrons. The summed E-state index contributed by atoms with van der Waals surface area (Å²) in [5.41, 5.74) is -4.29. The third-order valence-electron chi connectivity index (χ3n) is 6.01. The number of carbonyl (C=O) groups is 2. The molecule has 1 aliphatic rings. The van der Waals surface area contributed by atoms with Gasteiger partial charge in [0.25, 0.3) is 0 Å². The van der Waals surface area contributed by atoms with Crippen LogP contribution >= 0.6 is 0 Å². The van der Waals surface area contributed by atoms with Crippen molar-refractivity contribution in [3.05, 3.63) is 76.6 Å². The quantitative estimate of drug-likeness (QED) is 0.363. The van der Waals surface area contributed by atoms with Gasteiger partial charge in [0.2, 0.25) is 11.8 Å². The highest BCUT2D eigenvalue weighted by Crippen LogP contribution is 2.37. The van der Waals surface area contributed by atoms with Gasteiger partial charge in [-0.3, -0.25) is 9.59 Å². The van der Waals surface area contributed by atoms with E-state index in [-0.39, 0.29) is 24.5 Å². The van der Waals surface area contributed by atoms with Crippen LogP contribution < -0.4 is 16.0 Å². The van der Waals surface area contributed by atoms with E-state index < -0.39 is 52.7 Å². The van der Waals surface area contributed by atoms with Gasteiger partial charge in [-0.1, -0.05) is 12.1 Å². The monoisotopic (exact) mass is 531 g/mol. The van der Waals surface area contributed by atoms with Crippen molar-refractivity contribution in [1.82, 2.24) is 16.0 Å². The highest BCUT2D eigenvalue weighted by atomic mass is 19.4. The molecule has 0 bridgehead atoms. The van der Waals surface area contributed by atoms with Crippen molar-refractivity contribution in [3.63, 3.8) is 0 Å². The Balaban J connectivity index is 1.82. The highest BCUT2D eigenvalue weighted by molar-refractivity contribution is 5.97. The Hall–Kier alpha value is -3.41. The van der Waals surface area contributed by atoms with Gasteiger partial charge in [-0.05, 0) is 80.4 Å². The van der Waals surface area contributed by atoms with Crippen LogP contribution in [0.4, 0.5) is 30.7 Å². The smallest absolute Gasteiger partial charge is 0.348 e. The molecular weight excluding hydrogens is 507 g/mol. The molecule has 1 saturated heterocycles. The highest BCUT2D eigenvalue weighted by Gasteiger charge is 2.42. The minimum atomic E-state index is -5.03. The molecule has 0 radical (unpaired) electrons. The number of halogens is 7. The van der Waals surface area contributed by atoms with Gasteiger partial charge < -0.3 is 16.0 Å². The molecule has 2 aromatic carbocycles. The Kier molecular flexibility index (Phi) is 8.31. The van der Waals surface area contributed by atoms with E-state index in [1.54, 1.807) is 0 Å². The Labute approximate surface area is 208 Å². The Morgan fingerprint density at radius 3 is 2.00 bits per heavy atom. The maximum Gasteiger partial charge on any atom is 0.416 e. The lowest BCUT2D eigenvalue weighted by Gasteiger charge is -2.37. The molecule has 0 aliphatic carbocycles. The first-order valence-electron chi connectivity index (χ1n) is 11.3. The van der Waals surface area contributed by atoms with Crippen molar-refractivity contribution >= 4 is 17.9 Å². The lowest BCUT2D eigenvalue weighted by molar-refractivity contribution is -0.143. The first kappa shape index (κ1) is 28.2. The van der Waals surface area contributed by atoms with Crippen LogP contribution in [-0.4, -0.2) is 30.4 Å². The second kappa shape index (κ2) is 10.9. The van der Waals surface area contributed by atoms with Crippen LogP contribution in [0.3, 0.4) is 0 Å². The predicted molar refractivity (Wildman–Crippen MR) is 121 cm³/mol. The minimum absolute atomic E-state index is 0.0139. The van der Waals surface area contributed by atoms with Crippen LogP contribution in [0.5, 0.6) is 0 Å². The van der Waals surface area contributed by atoms with Gasteiger partial charge in [0, 0.05) is 6.08 Å². The van der Waals surface area contributed by atoms with E-state index in [9.17, 15) is 40.3 Å². The number of piperidine rings is 1. The molecule has 1 fully saturated rings. The fraction of sp³-hybridized carbons (Fsp3) is 0.360. The Bertz CT molecular complexity index is 1120. The number of hydrogen-bond acceptors (Lipinski definition) is 3. The van der Waals surface area contributed by atoms with Gasteiger partial charge in [0.15, 0.2) is 0 Å². The number of carbonyl (C=O) groups excluding carboxylic acids is 2. The summed E-state index contributed by atoms with van der Waals surface area (Å²) in [5.74, 6) is -1.84. The zero-order valence-electron chi connectivity index (χ0n) is 19.6. The molecule has 0 spiro atoms. The Morgan fingerprint density at radius 2 is 1.49 bits per heavy atom. The van der Waals surface area contributed by atoms with E-state index in [1.165, 1.54) is 37.3 Å². The largest absolute Gasteiger partial charge is 0.416 e. The van der Waals surface area contributed by atoms with Crippen molar-refractivity contribution < 1.29 is 40.3 Å². The maximum atomic E-state index is 13.3. The molecular formula is C25H24F7N3O2. The molecule has 1 aliphatic heterocycles. The van der Waals surface area contributed by atoms with Crippen molar-refractivity contribution in [2.45, 2.75) is 43.7 Å². The topological polar surface area (TPSA) is 70.2 Å². The van der Waals surface area contributed by atoms with E-state index in [4.69, 9.17) is 0 Å². The molecule has 2 aromatic rings. The van der Waals surface area contributed by atoms with Crippen molar-refractivity contribution in [3.8, 4) is 0 Å². The van der Waals surface area contributed by atoms with Crippen LogP contribution in [-0.2, 0) is 21.9 Å². The molecule has 0 saturated carbocycles. The number of benzene rings is 2. The van der Waals surface area contributed by atoms with Gasteiger partial charge in [0.1, 0.15) is 11.4 Å². The van der Waals surface area contributed by atoms with Crippen LogP contribution in [0, 0.1) is 5.82 Å². The zero-order chi connectivity index (χ0) is 27.4. The fourth-order valence-electron chi connectivity index (χ4n) is 3.93. The fourth-order valence-corrected chi connectivity index (χ4v) is 3.93. The molecule has 5 nitrogen and oxygen atoms in total. The van der Waals surface area contributed by atoms with E-state index in [0.29, 0.717) is 30.8 Å². The normalized spacial score (nSPS) is 16.9. The van der Waals surface area contributed by atoms with E-state index in [2.05, 4.69) is 16.0 Å². The molecule has 37 heavy (non-hydrogen) atoms. The zero-order valence-corrected chi connectivity index (χ0v) is 19.6. The maximum absolute atomic E-state index is 13.3. The summed E-state index contributed by atoms with van der Waals surface area (Å²) in [5, 5.41) is 8.13. The Morgan fingerprint density at radius 1 is 0.946 bits per heavy atom. The standard InChI is InChI=1S/C25H24F7N3O2/c1-15(17-12-18(24(27,28)29)14-19(13-17)25(30,31)32)34-22(37)23(8-10-33-11-9-23)35-21(36)7-4-16-2-5-20(26)6-3-16/h2-7,12-15,33H,8-11H2,1H3,(H,34,37)(H,35,36). The molecule has 3 rings (SSSR count). The predicted octanol–water partition coefficient (Wildman–Crippen LogP) is 4.99. The number of nitrogens with one attached hydrogen (secondary N) is 3. The van der Waals surface area contributed by atoms with Crippen LogP contribution in [0.1, 0.15) is 48.1 Å². The third kappa shape index (κ3) is 7.31. The molecule has 1 unspecified atom stereocenters. The number of rotatable bonds is 6.